The predicted octanol–water partition coefficient (Wildman–Crippen LogP) is 0.274. The Balaban J connectivity index is 1.69. The Morgan fingerprint density at radius 3 is 1.78 bits per heavy atom. The zero-order valence-corrected chi connectivity index (χ0v) is 31.9. The Kier molecular flexibility index (Phi) is 15.6. The highest BCUT2D eigenvalue weighted by molar-refractivity contribution is 5.88. The van der Waals surface area contributed by atoms with E-state index in [1.165, 1.54) is 62.8 Å². The minimum Gasteiger partial charge on any atom is -0.504 e. The number of hydrogen-bond donors (Lipinski definition) is 5. The van der Waals surface area contributed by atoms with Crippen LogP contribution in [0.5, 0.6) is 23.0 Å². The molecule has 2 heterocycles. The fourth-order valence-electron chi connectivity index (χ4n) is 5.74. The van der Waals surface area contributed by atoms with Crippen LogP contribution in [0.15, 0.2) is 48.6 Å². The third-order valence-corrected chi connectivity index (χ3v) is 8.53. The van der Waals surface area contributed by atoms with E-state index in [9.17, 15) is 49.5 Å². The molecule has 0 unspecified atom stereocenters. The van der Waals surface area contributed by atoms with Gasteiger partial charge in [-0.15, -0.1) is 0 Å². The van der Waals surface area contributed by atoms with E-state index in [0.29, 0.717) is 11.1 Å². The highest BCUT2D eigenvalue weighted by Gasteiger charge is 2.62. The first kappa shape index (κ1) is 44.9. The van der Waals surface area contributed by atoms with E-state index in [4.69, 9.17) is 47.4 Å². The van der Waals surface area contributed by atoms with Crippen molar-refractivity contribution in [2.75, 3.05) is 34.0 Å². The summed E-state index contributed by atoms with van der Waals surface area (Å²) in [5.74, 6) is -7.42. The minimum atomic E-state index is -2.59. The van der Waals surface area contributed by atoms with Gasteiger partial charge in [-0.25, -0.2) is 9.59 Å². The lowest BCUT2D eigenvalue weighted by Gasteiger charge is -2.44. The van der Waals surface area contributed by atoms with E-state index < -0.39 is 104 Å². The molecule has 0 saturated carbocycles. The highest BCUT2D eigenvalue weighted by atomic mass is 16.8. The first-order valence-corrected chi connectivity index (χ1v) is 17.4. The van der Waals surface area contributed by atoms with E-state index in [0.717, 1.165) is 32.9 Å². The zero-order valence-electron chi connectivity index (χ0n) is 31.9. The van der Waals surface area contributed by atoms with Crippen molar-refractivity contribution >= 4 is 42.0 Å². The van der Waals surface area contributed by atoms with Crippen molar-refractivity contribution in [3.05, 3.63) is 59.7 Å². The molecule has 2 saturated heterocycles. The first-order chi connectivity index (χ1) is 27.5. The van der Waals surface area contributed by atoms with Gasteiger partial charge in [0.15, 0.2) is 35.2 Å². The van der Waals surface area contributed by atoms with E-state index in [1.54, 1.807) is 0 Å². The van der Waals surface area contributed by atoms with E-state index in [1.807, 2.05) is 0 Å². The number of rotatable bonds is 16. The van der Waals surface area contributed by atoms with Crippen molar-refractivity contribution in [2.45, 2.75) is 75.6 Å². The summed E-state index contributed by atoms with van der Waals surface area (Å²) in [4.78, 5) is 62.0. The summed E-state index contributed by atoms with van der Waals surface area (Å²) in [6.45, 7) is 0.724. The fourth-order valence-corrected chi connectivity index (χ4v) is 5.74. The normalized spacial score (nSPS) is 26.8. The molecule has 316 valence electrons. The van der Waals surface area contributed by atoms with Gasteiger partial charge < -0.3 is 72.9 Å². The summed E-state index contributed by atoms with van der Waals surface area (Å²) < 4.78 is 54.4. The quantitative estimate of drug-likeness (QED) is 0.0863. The number of aromatic hydroxyl groups is 2. The molecule has 9 atom stereocenters. The molecule has 2 aliphatic heterocycles. The van der Waals surface area contributed by atoms with Crippen molar-refractivity contribution in [3.8, 4) is 23.0 Å². The molecule has 4 rings (SSSR count). The fraction of sp³-hybridized carbons (Fsp3) is 0.447. The second-order valence-electron chi connectivity index (χ2n) is 12.8. The maximum atomic E-state index is 13.4. The maximum absolute atomic E-state index is 13.4. The van der Waals surface area contributed by atoms with Crippen LogP contribution in [0.25, 0.3) is 12.2 Å². The molecule has 2 fully saturated rings. The molecule has 0 aromatic heterocycles. The molecule has 58 heavy (non-hydrogen) atoms. The first-order valence-electron chi connectivity index (χ1n) is 17.4. The number of carbonyl (C=O) groups is 5. The van der Waals surface area contributed by atoms with Crippen molar-refractivity contribution in [1.29, 1.82) is 0 Å². The number of aliphatic hydroxyl groups is 3. The molecule has 20 nitrogen and oxygen atoms in total. The summed E-state index contributed by atoms with van der Waals surface area (Å²) in [5, 5.41) is 53.2. The number of esters is 5. The molecule has 2 aromatic rings. The van der Waals surface area contributed by atoms with Crippen LogP contribution in [0, 0.1) is 0 Å². The van der Waals surface area contributed by atoms with Crippen LogP contribution < -0.4 is 9.47 Å². The summed E-state index contributed by atoms with van der Waals surface area (Å²) in [5.41, 5.74) is 0.810. The monoisotopic (exact) mass is 820 g/mol. The van der Waals surface area contributed by atoms with Gasteiger partial charge in [-0.1, -0.05) is 12.1 Å². The number of carbonyl (C=O) groups excluding carboxylic acids is 5. The molecule has 20 heteroatoms. The van der Waals surface area contributed by atoms with Crippen LogP contribution in [0.4, 0.5) is 0 Å². The van der Waals surface area contributed by atoms with Crippen molar-refractivity contribution < 1.29 is 96.9 Å². The average molecular weight is 821 g/mol. The maximum Gasteiger partial charge on any atom is 0.331 e. The van der Waals surface area contributed by atoms with E-state index in [2.05, 4.69) is 0 Å². The molecule has 0 aliphatic carbocycles. The summed E-state index contributed by atoms with van der Waals surface area (Å²) in [6.07, 6.45) is -10.1. The lowest BCUT2D eigenvalue weighted by Crippen LogP contribution is -2.64. The number of methoxy groups -OCH3 is 2. The Morgan fingerprint density at radius 2 is 1.24 bits per heavy atom. The van der Waals surface area contributed by atoms with Gasteiger partial charge in [-0.3, -0.25) is 14.4 Å². The molecular formula is C38H44O20. The summed E-state index contributed by atoms with van der Waals surface area (Å²) in [6, 6.07) is 8.43. The molecule has 0 spiro atoms. The largest absolute Gasteiger partial charge is 0.504 e. The smallest absolute Gasteiger partial charge is 0.331 e. The van der Waals surface area contributed by atoms with Gasteiger partial charge in [-0.05, 0) is 47.5 Å². The molecule has 2 aromatic carbocycles. The summed E-state index contributed by atoms with van der Waals surface area (Å²) in [7, 11) is 2.66. The number of phenols is 2. The predicted molar refractivity (Wildman–Crippen MR) is 192 cm³/mol. The lowest BCUT2D eigenvalue weighted by molar-refractivity contribution is -0.384. The van der Waals surface area contributed by atoms with Gasteiger partial charge >= 0.3 is 29.8 Å². The molecular weight excluding hydrogens is 776 g/mol. The Morgan fingerprint density at radius 1 is 0.690 bits per heavy atom. The SMILES string of the molecule is COc1cc(/C=C/C(=O)OC[C@H]2O[C@@](COC(C)=O)(O[C@@H]3O[C@H](COC(C)=O)[C@@H](O)[C@H](O)[C@H]3OC(C)=O)[C@@H](OC(=O)/C=C/c3ccc(O)c(OC)c3)[C@@H]2O)ccc1O. The van der Waals surface area contributed by atoms with Crippen LogP contribution in [0.2, 0.25) is 0 Å². The molecule has 0 amide bonds. The van der Waals surface area contributed by atoms with Gasteiger partial charge in [0.05, 0.1) is 14.2 Å². The van der Waals surface area contributed by atoms with Gasteiger partial charge in [0.25, 0.3) is 0 Å². The lowest BCUT2D eigenvalue weighted by atomic mass is 9.98. The van der Waals surface area contributed by atoms with E-state index >= 15 is 0 Å². The van der Waals surface area contributed by atoms with Crippen molar-refractivity contribution in [3.63, 3.8) is 0 Å². The summed E-state index contributed by atoms with van der Waals surface area (Å²) >= 11 is 0. The standard InChI is InChI=1S/C38H44O20/c1-19(39)51-16-28-32(46)34(48)35(54-21(3)41)37(55-28)58-38(18-53-20(2)40)36(56-31(45)13-9-23-7-11-25(43)27(15-23)50-5)33(47)29(57-38)17-52-30(44)12-8-22-6-10-24(42)26(14-22)49-4/h6-15,28-29,32-37,42-43,46-48H,16-18H2,1-5H3/b12-8+,13-9+/t28-,29-,32-,33-,34+,35-,36+,37+,38+/m1/s1. The highest BCUT2D eigenvalue weighted by Crippen LogP contribution is 2.40. The Hall–Kier alpha value is -5.77. The van der Waals surface area contributed by atoms with Crippen LogP contribution in [0.1, 0.15) is 31.9 Å². The molecule has 2 aliphatic rings. The average Bonchev–Trinajstić information content (AvgIpc) is 3.43. The number of aliphatic hydroxyl groups excluding tert-OH is 3. The van der Waals surface area contributed by atoms with Gasteiger partial charge in [0.1, 0.15) is 50.3 Å². The van der Waals surface area contributed by atoms with Gasteiger partial charge in [-0.2, -0.15) is 0 Å². The topological polar surface area (TPSA) is 279 Å². The van der Waals surface area contributed by atoms with Gasteiger partial charge in [0, 0.05) is 32.9 Å². The third kappa shape index (κ3) is 11.6. The third-order valence-electron chi connectivity index (χ3n) is 8.53. The molecule has 0 bridgehead atoms. The molecule has 0 radical (unpaired) electrons. The Bertz CT molecular complexity index is 1860. The zero-order chi connectivity index (χ0) is 42.7. The van der Waals surface area contributed by atoms with Crippen molar-refractivity contribution in [1.82, 2.24) is 0 Å². The number of benzene rings is 2. The minimum absolute atomic E-state index is 0.0908. The van der Waals surface area contributed by atoms with Crippen LogP contribution in [-0.2, 0) is 61.9 Å². The number of ether oxygens (including phenoxy) is 10. The second-order valence-corrected chi connectivity index (χ2v) is 12.8. The number of hydrogen-bond acceptors (Lipinski definition) is 20. The van der Waals surface area contributed by atoms with Crippen LogP contribution in [0.3, 0.4) is 0 Å². The van der Waals surface area contributed by atoms with Crippen LogP contribution >= 0.6 is 0 Å². The van der Waals surface area contributed by atoms with Gasteiger partial charge in [0.2, 0.25) is 12.1 Å². The molecule has 5 N–H and O–H groups in total. The second kappa shape index (κ2) is 20.1. The van der Waals surface area contributed by atoms with E-state index in [-0.39, 0.29) is 23.0 Å². The Labute approximate surface area is 331 Å². The number of phenolic OH excluding ortho intramolecular Hbond substituents is 2. The van der Waals surface area contributed by atoms with Crippen LogP contribution in [-0.4, -0.2) is 144 Å². The van der Waals surface area contributed by atoms with Crippen molar-refractivity contribution in [2.24, 2.45) is 0 Å².